The molecule has 0 bridgehead atoms. The summed E-state index contributed by atoms with van der Waals surface area (Å²) in [6.07, 6.45) is 3.62. The number of carbonyl (C=O) groups is 2. The number of hydrogen-bond acceptors (Lipinski definition) is 4. The molecule has 1 aliphatic heterocycles. The lowest BCUT2D eigenvalue weighted by Gasteiger charge is -2.29. The summed E-state index contributed by atoms with van der Waals surface area (Å²) >= 11 is 0. The summed E-state index contributed by atoms with van der Waals surface area (Å²) in [6, 6.07) is 0. The summed E-state index contributed by atoms with van der Waals surface area (Å²) in [5, 5.41) is 4.57. The van der Waals surface area contributed by atoms with E-state index in [1.807, 2.05) is 27.7 Å². The van der Waals surface area contributed by atoms with E-state index in [1.165, 1.54) is 0 Å². The largest absolute Gasteiger partial charge is 0.444 e. The fourth-order valence-electron chi connectivity index (χ4n) is 2.76. The Morgan fingerprint density at radius 2 is 2.12 bits per heavy atom. The molecule has 2 heterocycles. The van der Waals surface area contributed by atoms with Gasteiger partial charge in [-0.05, 0) is 27.2 Å². The van der Waals surface area contributed by atoms with Crippen LogP contribution < -0.4 is 0 Å². The predicted octanol–water partition coefficient (Wildman–Crippen LogP) is 3.18. The normalized spacial score (nSPS) is 13.7. The maximum absolute atomic E-state index is 12.3. The number of aromatic nitrogens is 2. The first-order chi connectivity index (χ1) is 11.9. The molecular formula is C19H27N3O3. The molecule has 0 aliphatic carbocycles. The van der Waals surface area contributed by atoms with Crippen molar-refractivity contribution in [2.24, 2.45) is 0 Å². The Kier molecular flexibility index (Phi) is 6.24. The quantitative estimate of drug-likeness (QED) is 0.478. The number of fused-ring (bicyclic) bond motifs is 1. The monoisotopic (exact) mass is 345 g/mol. The predicted molar refractivity (Wildman–Crippen MR) is 95.3 cm³/mol. The molecule has 1 aromatic heterocycles. The van der Waals surface area contributed by atoms with Gasteiger partial charge in [-0.2, -0.15) is 5.10 Å². The lowest BCUT2D eigenvalue weighted by atomic mass is 10.1. The first-order valence-corrected chi connectivity index (χ1v) is 8.83. The lowest BCUT2D eigenvalue weighted by Crippen LogP contribution is -2.40. The molecule has 1 aliphatic rings. The highest BCUT2D eigenvalue weighted by Gasteiger charge is 2.29. The Labute approximate surface area is 149 Å². The Hall–Kier alpha value is -2.29. The molecule has 0 saturated carbocycles. The van der Waals surface area contributed by atoms with E-state index in [-0.39, 0.29) is 6.09 Å². The van der Waals surface area contributed by atoms with Crippen molar-refractivity contribution in [1.82, 2.24) is 14.7 Å². The zero-order chi connectivity index (χ0) is 18.4. The number of amides is 1. The number of unbranched alkanes of at least 4 members (excludes halogenated alkanes) is 1. The summed E-state index contributed by atoms with van der Waals surface area (Å²) < 4.78 is 7.19. The molecule has 0 spiro atoms. The minimum atomic E-state index is -0.533. The van der Waals surface area contributed by atoms with Gasteiger partial charge < -0.3 is 9.64 Å². The molecule has 0 aromatic carbocycles. The summed E-state index contributed by atoms with van der Waals surface area (Å²) in [5.74, 6) is 6.14. The molecule has 0 fully saturated rings. The summed E-state index contributed by atoms with van der Waals surface area (Å²) in [5.41, 5.74) is 1.77. The number of carbonyl (C=O) groups excluding carboxylic acids is 2. The van der Waals surface area contributed by atoms with E-state index in [1.54, 1.807) is 9.58 Å². The molecule has 0 radical (unpaired) electrons. The fraction of sp³-hybridized carbons (Fsp3) is 0.632. The third-order valence-electron chi connectivity index (χ3n) is 3.88. The molecule has 0 N–H and O–H groups in total. The van der Waals surface area contributed by atoms with Gasteiger partial charge in [-0.3, -0.25) is 9.48 Å². The Bertz CT molecular complexity index is 689. The molecule has 2 rings (SSSR count). The van der Waals surface area contributed by atoms with Gasteiger partial charge in [0.05, 0.1) is 12.2 Å². The molecule has 0 atom stereocenters. The van der Waals surface area contributed by atoms with Crippen LogP contribution in [0.4, 0.5) is 4.79 Å². The molecular weight excluding hydrogens is 318 g/mol. The van der Waals surface area contributed by atoms with Crippen LogP contribution in [-0.2, 0) is 24.2 Å². The van der Waals surface area contributed by atoms with Gasteiger partial charge in [0.15, 0.2) is 6.29 Å². The third kappa shape index (κ3) is 5.09. The maximum Gasteiger partial charge on any atom is 0.410 e. The smallest absolute Gasteiger partial charge is 0.410 e. The van der Waals surface area contributed by atoms with Crippen LogP contribution in [0.3, 0.4) is 0 Å². The molecule has 6 heteroatoms. The van der Waals surface area contributed by atoms with Crippen LogP contribution in [0.1, 0.15) is 68.7 Å². The molecule has 0 unspecified atom stereocenters. The van der Waals surface area contributed by atoms with Crippen LogP contribution in [-0.4, -0.2) is 39.2 Å². The first kappa shape index (κ1) is 19.0. The van der Waals surface area contributed by atoms with E-state index in [9.17, 15) is 9.59 Å². The van der Waals surface area contributed by atoms with Crippen molar-refractivity contribution in [1.29, 1.82) is 0 Å². The SMILES string of the molecule is CCC#CCCCn1nc2c(c1C=O)CN(C(=O)OC(C)(C)C)CC2. The van der Waals surface area contributed by atoms with Crippen LogP contribution in [0.15, 0.2) is 0 Å². The van der Waals surface area contributed by atoms with Crippen LogP contribution in [0.2, 0.25) is 0 Å². The van der Waals surface area contributed by atoms with Crippen molar-refractivity contribution in [2.45, 2.75) is 72.1 Å². The summed E-state index contributed by atoms with van der Waals surface area (Å²) in [4.78, 5) is 25.5. The van der Waals surface area contributed by atoms with Gasteiger partial charge in [-0.1, -0.05) is 6.92 Å². The van der Waals surface area contributed by atoms with Gasteiger partial charge >= 0.3 is 6.09 Å². The number of nitrogens with zero attached hydrogens (tertiary/aromatic N) is 3. The van der Waals surface area contributed by atoms with E-state index in [4.69, 9.17) is 4.74 Å². The van der Waals surface area contributed by atoms with Gasteiger partial charge in [-0.15, -0.1) is 11.8 Å². The van der Waals surface area contributed by atoms with Gasteiger partial charge in [0.25, 0.3) is 0 Å². The zero-order valence-electron chi connectivity index (χ0n) is 15.6. The molecule has 1 amide bonds. The van der Waals surface area contributed by atoms with Crippen molar-refractivity contribution in [2.75, 3.05) is 6.54 Å². The van der Waals surface area contributed by atoms with Crippen LogP contribution in [0.5, 0.6) is 0 Å². The van der Waals surface area contributed by atoms with E-state index >= 15 is 0 Å². The molecule has 6 nitrogen and oxygen atoms in total. The second-order valence-electron chi connectivity index (χ2n) is 7.11. The van der Waals surface area contributed by atoms with Gasteiger partial charge in [0.1, 0.15) is 11.3 Å². The van der Waals surface area contributed by atoms with Gasteiger partial charge in [0, 0.05) is 37.9 Å². The third-order valence-corrected chi connectivity index (χ3v) is 3.88. The molecule has 25 heavy (non-hydrogen) atoms. The zero-order valence-corrected chi connectivity index (χ0v) is 15.6. The van der Waals surface area contributed by atoms with Crippen molar-refractivity contribution in [3.05, 3.63) is 17.0 Å². The number of rotatable bonds is 4. The second-order valence-corrected chi connectivity index (χ2v) is 7.11. The van der Waals surface area contributed by atoms with Gasteiger partial charge in [-0.25, -0.2) is 4.79 Å². The number of ether oxygens (including phenoxy) is 1. The minimum absolute atomic E-state index is 0.349. The van der Waals surface area contributed by atoms with E-state index in [0.717, 1.165) is 36.8 Å². The molecule has 136 valence electrons. The van der Waals surface area contributed by atoms with Gasteiger partial charge in [0.2, 0.25) is 0 Å². The number of aldehydes is 1. The Balaban J connectivity index is 2.08. The summed E-state index contributed by atoms with van der Waals surface area (Å²) in [6.45, 7) is 9.14. The van der Waals surface area contributed by atoms with E-state index in [0.29, 0.717) is 31.7 Å². The average molecular weight is 345 g/mol. The lowest BCUT2D eigenvalue weighted by molar-refractivity contribution is 0.0223. The topological polar surface area (TPSA) is 64.4 Å². The minimum Gasteiger partial charge on any atom is -0.444 e. The summed E-state index contributed by atoms with van der Waals surface area (Å²) in [7, 11) is 0. The maximum atomic E-state index is 12.3. The second kappa shape index (κ2) is 8.19. The first-order valence-electron chi connectivity index (χ1n) is 8.83. The van der Waals surface area contributed by atoms with Crippen LogP contribution in [0, 0.1) is 11.8 Å². The Morgan fingerprint density at radius 3 is 2.76 bits per heavy atom. The molecule has 0 saturated heterocycles. The Morgan fingerprint density at radius 1 is 1.36 bits per heavy atom. The highest BCUT2D eigenvalue weighted by Crippen LogP contribution is 2.23. The average Bonchev–Trinajstić information content (AvgIpc) is 2.89. The van der Waals surface area contributed by atoms with Crippen LogP contribution >= 0.6 is 0 Å². The standard InChI is InChI=1S/C19H27N3O3/c1-5-6-7-8-9-11-22-17(14-23)15-13-21(12-10-16(15)20-22)18(24)25-19(2,3)4/h14H,5,8-13H2,1-4H3. The molecule has 1 aromatic rings. The van der Waals surface area contributed by atoms with E-state index in [2.05, 4.69) is 16.9 Å². The van der Waals surface area contributed by atoms with Crippen molar-refractivity contribution >= 4 is 12.4 Å². The highest BCUT2D eigenvalue weighted by molar-refractivity contribution is 5.76. The van der Waals surface area contributed by atoms with Crippen molar-refractivity contribution in [3.63, 3.8) is 0 Å². The fourth-order valence-corrected chi connectivity index (χ4v) is 2.76. The number of hydrogen-bond donors (Lipinski definition) is 0. The highest BCUT2D eigenvalue weighted by atomic mass is 16.6. The van der Waals surface area contributed by atoms with Crippen molar-refractivity contribution < 1.29 is 14.3 Å². The van der Waals surface area contributed by atoms with E-state index < -0.39 is 5.60 Å². The van der Waals surface area contributed by atoms with Crippen molar-refractivity contribution in [3.8, 4) is 11.8 Å². The number of aryl methyl sites for hydroxylation is 1. The van der Waals surface area contributed by atoms with Crippen LogP contribution in [0.25, 0.3) is 0 Å².